The third-order valence-corrected chi connectivity index (χ3v) is 18.8. The first-order chi connectivity index (χ1) is 30.8. The molecule has 1 unspecified atom stereocenters. The van der Waals surface area contributed by atoms with Crippen LogP contribution < -0.4 is 0 Å². The van der Waals surface area contributed by atoms with Crippen molar-refractivity contribution < 1.29 is 89.7 Å². The second-order valence-electron chi connectivity index (χ2n) is 22.9. The lowest BCUT2D eigenvalue weighted by molar-refractivity contribution is -0.378. The maximum atomic E-state index is 12.7. The maximum Gasteiger partial charge on any atom is 0.187 e. The summed E-state index contributed by atoms with van der Waals surface area (Å²) in [5.74, 6) is -0.151. The average Bonchev–Trinajstić information content (AvgIpc) is 3.65. The molecule has 7 aliphatic rings. The molecule has 12 N–H and O–H groups in total. The van der Waals surface area contributed by atoms with Crippen molar-refractivity contribution in [3.63, 3.8) is 0 Å². The summed E-state index contributed by atoms with van der Waals surface area (Å²) in [6.07, 6.45) is -15.4. The Morgan fingerprint density at radius 1 is 0.606 bits per heavy atom. The van der Waals surface area contributed by atoms with Gasteiger partial charge in [0.25, 0.3) is 0 Å². The molecule has 3 aliphatic heterocycles. The molecule has 3 saturated heterocycles. The predicted molar refractivity (Wildman–Crippen MR) is 234 cm³/mol. The van der Waals surface area contributed by atoms with Crippen LogP contribution in [0.3, 0.4) is 0 Å². The highest BCUT2D eigenvalue weighted by atomic mass is 16.8. The van der Waals surface area contributed by atoms with Crippen LogP contribution >= 0.6 is 0 Å². The summed E-state index contributed by atoms with van der Waals surface area (Å²) >= 11 is 0. The van der Waals surface area contributed by atoms with Gasteiger partial charge in [0, 0.05) is 0 Å². The molecule has 4 aliphatic carbocycles. The van der Waals surface area contributed by atoms with E-state index in [1.807, 2.05) is 20.8 Å². The molecule has 7 fully saturated rings. The Kier molecular flexibility index (Phi) is 15.7. The highest BCUT2D eigenvalue weighted by Crippen LogP contribution is 2.76. The van der Waals surface area contributed by atoms with E-state index in [4.69, 9.17) is 28.4 Å². The molecule has 0 aromatic rings. The second kappa shape index (κ2) is 19.6. The van der Waals surface area contributed by atoms with Crippen LogP contribution in [0.5, 0.6) is 0 Å². The topological polar surface area (TPSA) is 298 Å². The molecule has 0 bridgehead atoms. The van der Waals surface area contributed by atoms with Crippen LogP contribution in [0, 0.1) is 45.3 Å². The Labute approximate surface area is 388 Å². The molecule has 382 valence electrons. The predicted octanol–water partition coefficient (Wildman–Crippen LogP) is -0.0268. The molecular weight excluding hydrogens is 865 g/mol. The number of fused-ring (bicyclic) bond motifs is 5. The van der Waals surface area contributed by atoms with Crippen LogP contribution in [-0.2, 0) is 28.4 Å². The fraction of sp³-hybridized carbons (Fsp3) is 0.958. The molecule has 0 radical (unpaired) electrons. The summed E-state index contributed by atoms with van der Waals surface area (Å²) in [4.78, 5) is 0. The van der Waals surface area contributed by atoms with Crippen molar-refractivity contribution in [1.82, 2.24) is 0 Å². The van der Waals surface area contributed by atoms with E-state index in [1.165, 1.54) is 0 Å². The lowest BCUT2D eigenvalue weighted by atomic mass is 9.35. The number of rotatable bonds is 13. The van der Waals surface area contributed by atoms with Gasteiger partial charge in [0.2, 0.25) is 0 Å². The number of hydrogen-bond donors (Lipinski definition) is 12. The van der Waals surface area contributed by atoms with Gasteiger partial charge in [-0.05, 0) is 124 Å². The molecule has 0 aromatic heterocycles. The normalized spacial score (nSPS) is 52.4. The van der Waals surface area contributed by atoms with Crippen molar-refractivity contribution in [3.8, 4) is 0 Å². The van der Waals surface area contributed by atoms with Crippen molar-refractivity contribution in [2.24, 2.45) is 45.3 Å². The van der Waals surface area contributed by atoms with Crippen LogP contribution in [0.25, 0.3) is 0 Å². The van der Waals surface area contributed by atoms with E-state index in [1.54, 1.807) is 0 Å². The standard InChI is InChI=1S/C48H82O18/c1-22(2)10-9-14-48(8,66-42-39(60)36(57)33(54)26(20-50)62-42)23-11-16-47(7)31(23)24(52)18-29-45(5)15-13-30(44(3,4)28(45)12-17-46(29,47)6)64-43-40(37(58)34(55)27(21-51)63-43)65-41-38(59)35(56)32(53)25(19-49)61-41/h10,23-43,49-60H,9,11-21H2,1-8H3/t23-,24+,25+,26+,27+,28-,29+,30-,31-,32+,33+,34+,35-,36-,37-,38+,39+,40+,41-,42-,43-,45-,46+,47+,48?/m0/s1. The third-order valence-electron chi connectivity index (χ3n) is 18.8. The van der Waals surface area contributed by atoms with E-state index >= 15 is 0 Å². The molecule has 66 heavy (non-hydrogen) atoms. The van der Waals surface area contributed by atoms with Gasteiger partial charge in [0.05, 0.1) is 37.6 Å². The van der Waals surface area contributed by atoms with E-state index in [9.17, 15) is 61.3 Å². The Morgan fingerprint density at radius 3 is 1.71 bits per heavy atom. The van der Waals surface area contributed by atoms with Gasteiger partial charge in [-0.15, -0.1) is 0 Å². The highest BCUT2D eigenvalue weighted by molar-refractivity contribution is 5.20. The monoisotopic (exact) mass is 947 g/mol. The summed E-state index contributed by atoms with van der Waals surface area (Å²) in [5, 5.41) is 129. The Hall–Kier alpha value is -0.980. The largest absolute Gasteiger partial charge is 0.394 e. The molecule has 4 saturated carbocycles. The van der Waals surface area contributed by atoms with E-state index in [-0.39, 0.29) is 39.9 Å². The molecule has 0 aromatic carbocycles. The van der Waals surface area contributed by atoms with E-state index in [2.05, 4.69) is 40.7 Å². The van der Waals surface area contributed by atoms with Crippen LogP contribution in [-0.4, -0.2) is 191 Å². The van der Waals surface area contributed by atoms with Crippen LogP contribution in [0.2, 0.25) is 0 Å². The van der Waals surface area contributed by atoms with Crippen molar-refractivity contribution in [2.45, 2.75) is 223 Å². The van der Waals surface area contributed by atoms with Crippen molar-refractivity contribution in [1.29, 1.82) is 0 Å². The van der Waals surface area contributed by atoms with Gasteiger partial charge in [-0.1, -0.05) is 46.3 Å². The number of aliphatic hydroxyl groups excluding tert-OH is 12. The van der Waals surface area contributed by atoms with E-state index in [0.717, 1.165) is 37.7 Å². The zero-order chi connectivity index (χ0) is 48.6. The first kappa shape index (κ1) is 52.8. The van der Waals surface area contributed by atoms with Crippen molar-refractivity contribution in [3.05, 3.63) is 11.6 Å². The van der Waals surface area contributed by atoms with E-state index in [0.29, 0.717) is 25.7 Å². The smallest absolute Gasteiger partial charge is 0.187 e. The number of allylic oxidation sites excluding steroid dienone is 2. The zero-order valence-corrected chi connectivity index (χ0v) is 40.0. The Balaban J connectivity index is 1.13. The SMILES string of the molecule is CC(C)=CCCC(C)(O[C@@H]1O[C@H](CO)[C@@H](O)[C@H](O)[C@H]1O)[C@H]1CC[C@]2(C)[C@@H]1[C@H](O)C[C@@H]1[C@@]3(C)CC[C@H](O[C@@H]4O[C@H](CO)[C@@H](O)[C@H](O)[C@H]4O[C@@H]4O[C@H](CO)[C@@H](O)[C@H](O)[C@H]4O)C(C)(C)[C@@H]3CC[C@]12C. The molecular formula is C48H82O18. The summed E-state index contributed by atoms with van der Waals surface area (Å²) in [6.45, 7) is 15.5. The molecule has 7 rings (SSSR count). The highest BCUT2D eigenvalue weighted by Gasteiger charge is 2.72. The molecule has 0 amide bonds. The minimum absolute atomic E-state index is 0.0905. The Morgan fingerprint density at radius 2 is 1.14 bits per heavy atom. The minimum atomic E-state index is -1.79. The number of aliphatic hydroxyl groups is 12. The van der Waals surface area contributed by atoms with Gasteiger partial charge < -0.3 is 89.7 Å². The van der Waals surface area contributed by atoms with Crippen molar-refractivity contribution >= 4 is 0 Å². The van der Waals surface area contributed by atoms with Gasteiger partial charge in [-0.3, -0.25) is 0 Å². The molecule has 25 atom stereocenters. The third kappa shape index (κ3) is 8.79. The van der Waals surface area contributed by atoms with Crippen LogP contribution in [0.15, 0.2) is 11.6 Å². The van der Waals surface area contributed by atoms with Gasteiger partial charge in [0.1, 0.15) is 73.2 Å². The fourth-order valence-corrected chi connectivity index (χ4v) is 14.9. The number of ether oxygens (including phenoxy) is 6. The number of hydrogen-bond acceptors (Lipinski definition) is 18. The summed E-state index contributed by atoms with van der Waals surface area (Å²) in [5.41, 5.74) is -1.12. The lowest BCUT2D eigenvalue weighted by Crippen LogP contribution is -2.68. The quantitative estimate of drug-likeness (QED) is 0.0853. The van der Waals surface area contributed by atoms with E-state index < -0.39 is 135 Å². The fourth-order valence-electron chi connectivity index (χ4n) is 14.9. The maximum absolute atomic E-state index is 12.7. The summed E-state index contributed by atoms with van der Waals surface area (Å²) < 4.78 is 37.2. The average molecular weight is 947 g/mol. The zero-order valence-electron chi connectivity index (χ0n) is 40.0. The lowest BCUT2D eigenvalue weighted by Gasteiger charge is -2.71. The molecule has 18 nitrogen and oxygen atoms in total. The molecule has 3 heterocycles. The Bertz CT molecular complexity index is 1680. The van der Waals surface area contributed by atoms with Crippen LogP contribution in [0.4, 0.5) is 0 Å². The van der Waals surface area contributed by atoms with Gasteiger partial charge in [0.15, 0.2) is 18.9 Å². The summed E-state index contributed by atoms with van der Waals surface area (Å²) in [6, 6.07) is 0. The molecule has 0 spiro atoms. The first-order valence-corrected chi connectivity index (χ1v) is 24.4. The van der Waals surface area contributed by atoms with Gasteiger partial charge in [-0.2, -0.15) is 0 Å². The van der Waals surface area contributed by atoms with Gasteiger partial charge in [-0.25, -0.2) is 0 Å². The molecule has 18 heteroatoms. The van der Waals surface area contributed by atoms with Crippen LogP contribution in [0.1, 0.15) is 113 Å². The minimum Gasteiger partial charge on any atom is -0.394 e. The van der Waals surface area contributed by atoms with Gasteiger partial charge >= 0.3 is 0 Å². The second-order valence-corrected chi connectivity index (χ2v) is 22.9. The van der Waals surface area contributed by atoms with Crippen molar-refractivity contribution in [2.75, 3.05) is 19.8 Å². The first-order valence-electron chi connectivity index (χ1n) is 24.4. The summed E-state index contributed by atoms with van der Waals surface area (Å²) in [7, 11) is 0.